The average molecular weight is 524 g/mol. The number of allylic oxidation sites excluding steroid dienone is 2. The van der Waals surface area contributed by atoms with Crippen LogP contribution in [0.3, 0.4) is 0 Å². The van der Waals surface area contributed by atoms with Gasteiger partial charge in [0.1, 0.15) is 0 Å². The van der Waals surface area contributed by atoms with E-state index in [1.54, 1.807) is 17.5 Å². The van der Waals surface area contributed by atoms with Crippen LogP contribution in [0.15, 0.2) is 65.2 Å². The summed E-state index contributed by atoms with van der Waals surface area (Å²) in [5.41, 5.74) is 6.16. The Morgan fingerprint density at radius 1 is 1.22 bits per heavy atom. The Bertz CT molecular complexity index is 1400. The maximum atomic E-state index is 14.2. The molecule has 37 heavy (non-hydrogen) atoms. The maximum Gasteiger partial charge on any atom is 0.394 e. The largest absolute Gasteiger partial charge is 0.394 e. The van der Waals surface area contributed by atoms with Gasteiger partial charge in [0, 0.05) is 17.4 Å². The summed E-state index contributed by atoms with van der Waals surface area (Å²) in [5.74, 6) is -2.38. The number of alkyl halides is 3. The van der Waals surface area contributed by atoms with Gasteiger partial charge in [-0.15, -0.1) is 11.3 Å². The monoisotopic (exact) mass is 523 g/mol. The van der Waals surface area contributed by atoms with Crippen molar-refractivity contribution in [3.05, 3.63) is 86.9 Å². The Morgan fingerprint density at radius 3 is 2.70 bits per heavy atom. The minimum absolute atomic E-state index is 0.122. The normalized spacial score (nSPS) is 26.9. The molecule has 0 bridgehead atoms. The molecule has 3 aliphatic carbocycles. The molecule has 0 saturated heterocycles. The van der Waals surface area contributed by atoms with E-state index in [0.717, 1.165) is 22.5 Å². The Balaban J connectivity index is 1.36. The molecule has 0 radical (unpaired) electrons. The van der Waals surface area contributed by atoms with Crippen LogP contribution >= 0.6 is 11.3 Å². The van der Waals surface area contributed by atoms with Crippen LogP contribution in [0.5, 0.6) is 0 Å². The fraction of sp³-hybridized carbons (Fsp3) is 0.379. The minimum atomic E-state index is -4.39. The highest BCUT2D eigenvalue weighted by molar-refractivity contribution is 7.12. The van der Waals surface area contributed by atoms with Gasteiger partial charge < -0.3 is 5.32 Å². The first kappa shape index (κ1) is 24.2. The third-order valence-corrected chi connectivity index (χ3v) is 9.28. The first-order valence-electron chi connectivity index (χ1n) is 12.6. The second-order valence-corrected chi connectivity index (χ2v) is 11.6. The van der Waals surface area contributed by atoms with Gasteiger partial charge in [0.05, 0.1) is 28.4 Å². The van der Waals surface area contributed by atoms with E-state index in [1.807, 2.05) is 36.0 Å². The number of carbonyl (C=O) groups excluding carboxylic acids is 1. The van der Waals surface area contributed by atoms with E-state index in [0.29, 0.717) is 24.1 Å². The molecule has 0 aliphatic heterocycles. The summed E-state index contributed by atoms with van der Waals surface area (Å²) in [5, 5.41) is 9.24. The first-order chi connectivity index (χ1) is 17.6. The summed E-state index contributed by atoms with van der Waals surface area (Å²) < 4.78 is 44.4. The summed E-state index contributed by atoms with van der Waals surface area (Å²) >= 11 is 1.24. The van der Waals surface area contributed by atoms with Gasteiger partial charge in [-0.2, -0.15) is 18.3 Å². The molecule has 2 heterocycles. The molecule has 8 heteroatoms. The number of aromatic nitrogens is 2. The topological polar surface area (TPSA) is 46.9 Å². The van der Waals surface area contributed by atoms with Crippen molar-refractivity contribution in [1.29, 1.82) is 0 Å². The predicted octanol–water partition coefficient (Wildman–Crippen LogP) is 6.91. The Morgan fingerprint density at radius 2 is 2.00 bits per heavy atom. The highest BCUT2D eigenvalue weighted by Crippen LogP contribution is 2.57. The quantitative estimate of drug-likeness (QED) is 0.380. The number of carbonyl (C=O) groups is 1. The second-order valence-electron chi connectivity index (χ2n) is 10.6. The minimum Gasteiger partial charge on any atom is -0.347 e. The number of thiophene rings is 1. The SMILES string of the molecule is Cc1ccc(-n2ncc3c2C=C2CC[C@H]4C(=CC[C@@H](C(F)(F)F)[C@@H]4NC(=O)c4cccs4)[C@@]2(C)C3)cc1. The Hall–Kier alpha value is -3.13. The molecule has 2 aromatic heterocycles. The summed E-state index contributed by atoms with van der Waals surface area (Å²) in [6, 6.07) is 10.6. The lowest BCUT2D eigenvalue weighted by atomic mass is 9.55. The zero-order chi connectivity index (χ0) is 25.9. The number of halogens is 3. The smallest absolute Gasteiger partial charge is 0.347 e. The highest BCUT2D eigenvalue weighted by atomic mass is 32.1. The van der Waals surface area contributed by atoms with Crippen molar-refractivity contribution < 1.29 is 18.0 Å². The van der Waals surface area contributed by atoms with Gasteiger partial charge in [0.2, 0.25) is 0 Å². The van der Waals surface area contributed by atoms with Crippen molar-refractivity contribution in [2.24, 2.45) is 17.3 Å². The molecular formula is C29H28F3N3OS. The highest BCUT2D eigenvalue weighted by Gasteiger charge is 2.54. The van der Waals surface area contributed by atoms with E-state index in [4.69, 9.17) is 0 Å². The number of aryl methyl sites for hydroxylation is 1. The lowest BCUT2D eigenvalue weighted by molar-refractivity contribution is -0.186. The number of nitrogens with zero attached hydrogens (tertiary/aromatic N) is 2. The summed E-state index contributed by atoms with van der Waals surface area (Å²) in [6.07, 6.45) is 3.33. The second kappa shape index (κ2) is 8.72. The molecule has 6 rings (SSSR count). The van der Waals surface area contributed by atoms with Crippen LogP contribution in [0, 0.1) is 24.2 Å². The van der Waals surface area contributed by atoms with Crippen LogP contribution in [0.25, 0.3) is 11.8 Å². The number of nitrogens with one attached hydrogen (secondary N) is 1. The number of hydrogen-bond acceptors (Lipinski definition) is 3. The van der Waals surface area contributed by atoms with Crippen molar-refractivity contribution >= 4 is 23.3 Å². The average Bonchev–Trinajstić information content (AvgIpc) is 3.53. The standard InChI is InChI=1S/C29H28F3N3OS/c1-17-5-8-20(9-6-17)35-24-14-19-7-10-21-22(28(19,2)15-18(24)16-33-35)11-12-23(29(30,31)32)26(21)34-27(36)25-4-3-13-37-25/h3-6,8-9,11,13-14,16,21,23,26H,7,10,12,15H2,1-2H3,(H,34,36)/t21-,23+,26+,28-/m0/s1. The number of rotatable bonds is 3. The van der Waals surface area contributed by atoms with E-state index in [-0.39, 0.29) is 17.8 Å². The Labute approximate surface area is 217 Å². The van der Waals surface area contributed by atoms with E-state index < -0.39 is 24.0 Å². The van der Waals surface area contributed by atoms with Gasteiger partial charge in [0.15, 0.2) is 0 Å². The predicted molar refractivity (Wildman–Crippen MR) is 139 cm³/mol. The Kier molecular flexibility index (Phi) is 5.71. The summed E-state index contributed by atoms with van der Waals surface area (Å²) in [6.45, 7) is 4.20. The lowest BCUT2D eigenvalue weighted by Gasteiger charge is -2.51. The molecule has 1 saturated carbocycles. The van der Waals surface area contributed by atoms with Gasteiger partial charge in [-0.3, -0.25) is 4.79 Å². The molecule has 1 amide bonds. The van der Waals surface area contributed by atoms with Gasteiger partial charge in [-0.05, 0) is 67.8 Å². The van der Waals surface area contributed by atoms with Crippen molar-refractivity contribution in [1.82, 2.24) is 15.1 Å². The number of benzene rings is 1. The van der Waals surface area contributed by atoms with Crippen molar-refractivity contribution in [2.45, 2.75) is 51.7 Å². The van der Waals surface area contributed by atoms with E-state index in [2.05, 4.69) is 35.5 Å². The van der Waals surface area contributed by atoms with Crippen LogP contribution in [0.1, 0.15) is 52.7 Å². The van der Waals surface area contributed by atoms with Gasteiger partial charge in [-0.25, -0.2) is 4.68 Å². The molecule has 4 nitrogen and oxygen atoms in total. The van der Waals surface area contributed by atoms with Crippen LogP contribution in [-0.2, 0) is 6.42 Å². The summed E-state index contributed by atoms with van der Waals surface area (Å²) in [7, 11) is 0. The van der Waals surface area contributed by atoms with Crippen LogP contribution in [0.2, 0.25) is 0 Å². The van der Waals surface area contributed by atoms with E-state index in [9.17, 15) is 18.0 Å². The molecule has 1 fully saturated rings. The number of fused-ring (bicyclic) bond motifs is 4. The zero-order valence-electron chi connectivity index (χ0n) is 20.7. The van der Waals surface area contributed by atoms with E-state index >= 15 is 0 Å². The molecule has 0 spiro atoms. The third kappa shape index (κ3) is 4.06. The van der Waals surface area contributed by atoms with Crippen LogP contribution < -0.4 is 5.32 Å². The molecule has 192 valence electrons. The fourth-order valence-electron chi connectivity index (χ4n) is 6.50. The molecular weight excluding hydrogens is 495 g/mol. The third-order valence-electron chi connectivity index (χ3n) is 8.41. The molecule has 1 aromatic carbocycles. The van der Waals surface area contributed by atoms with Crippen LogP contribution in [-0.4, -0.2) is 27.9 Å². The van der Waals surface area contributed by atoms with Crippen molar-refractivity contribution in [2.75, 3.05) is 0 Å². The van der Waals surface area contributed by atoms with Gasteiger partial charge in [-0.1, -0.05) is 47.9 Å². The fourth-order valence-corrected chi connectivity index (χ4v) is 7.13. The van der Waals surface area contributed by atoms with Crippen molar-refractivity contribution in [3.8, 4) is 5.69 Å². The van der Waals surface area contributed by atoms with Crippen LogP contribution in [0.4, 0.5) is 13.2 Å². The molecule has 4 atom stereocenters. The molecule has 3 aliphatic rings. The maximum absolute atomic E-state index is 14.2. The molecule has 3 aromatic rings. The van der Waals surface area contributed by atoms with Gasteiger partial charge in [0.25, 0.3) is 5.91 Å². The zero-order valence-corrected chi connectivity index (χ0v) is 21.5. The van der Waals surface area contributed by atoms with Gasteiger partial charge >= 0.3 is 6.18 Å². The van der Waals surface area contributed by atoms with Crippen molar-refractivity contribution in [3.63, 3.8) is 0 Å². The lowest BCUT2D eigenvalue weighted by Crippen LogP contribution is -2.55. The molecule has 0 unspecified atom stereocenters. The first-order valence-corrected chi connectivity index (χ1v) is 13.5. The summed E-state index contributed by atoms with van der Waals surface area (Å²) in [4.78, 5) is 13.3. The number of amides is 1. The number of hydrogen-bond donors (Lipinski definition) is 1. The molecule has 1 N–H and O–H groups in total. The van der Waals surface area contributed by atoms with E-state index in [1.165, 1.54) is 22.5 Å².